The van der Waals surface area contributed by atoms with Crippen LogP contribution >= 0.6 is 0 Å². The van der Waals surface area contributed by atoms with Crippen LogP contribution in [0.2, 0.25) is 0 Å². The third kappa shape index (κ3) is 4.86. The van der Waals surface area contributed by atoms with E-state index in [2.05, 4.69) is 50.2 Å². The van der Waals surface area contributed by atoms with E-state index in [4.69, 9.17) is 14.2 Å². The van der Waals surface area contributed by atoms with Gasteiger partial charge in [0.2, 0.25) is 0 Å². The van der Waals surface area contributed by atoms with Gasteiger partial charge in [0, 0.05) is 0 Å². The van der Waals surface area contributed by atoms with Gasteiger partial charge in [-0.1, -0.05) is 26.0 Å². The molecule has 0 aromatic heterocycles. The normalized spacial score (nSPS) is 32.1. The fraction of sp³-hybridized carbons (Fsp3) is 0.600. The summed E-state index contributed by atoms with van der Waals surface area (Å²) in [5, 5.41) is 0. The second-order valence-electron chi connectivity index (χ2n) is 10.9. The lowest BCUT2D eigenvalue weighted by atomic mass is 9.83. The highest BCUT2D eigenvalue weighted by atomic mass is 16.6. The molecule has 2 aliphatic heterocycles. The summed E-state index contributed by atoms with van der Waals surface area (Å²) in [5.74, 6) is 3.46. The van der Waals surface area contributed by atoms with Crippen LogP contribution in [0.25, 0.3) is 0 Å². The number of epoxide rings is 2. The van der Waals surface area contributed by atoms with Crippen molar-refractivity contribution in [3.05, 3.63) is 58.7 Å². The first-order valence-corrected chi connectivity index (χ1v) is 13.4. The van der Waals surface area contributed by atoms with Gasteiger partial charge in [0.15, 0.2) is 0 Å². The summed E-state index contributed by atoms with van der Waals surface area (Å²) in [5.41, 5.74) is 5.84. The molecule has 0 spiro atoms. The number of fused-ring (bicyclic) bond motifs is 2. The molecule has 0 bridgehead atoms. The minimum absolute atomic E-state index is 0.559. The fourth-order valence-electron chi connectivity index (χ4n) is 6.49. The summed E-state index contributed by atoms with van der Waals surface area (Å²) in [6.07, 6.45) is 14.4. The molecule has 33 heavy (non-hydrogen) atoms. The molecule has 3 nitrogen and oxygen atoms in total. The smallest absolute Gasteiger partial charge is 0.127 e. The van der Waals surface area contributed by atoms with Gasteiger partial charge in [0.25, 0.3) is 0 Å². The number of hydrogen-bond donors (Lipinski definition) is 0. The van der Waals surface area contributed by atoms with Crippen LogP contribution in [0.4, 0.5) is 0 Å². The third-order valence-electron chi connectivity index (χ3n) is 8.60. The zero-order valence-electron chi connectivity index (χ0n) is 20.2. The highest BCUT2D eigenvalue weighted by Gasteiger charge is 2.44. The maximum atomic E-state index is 6.36. The van der Waals surface area contributed by atoms with E-state index in [1.54, 1.807) is 0 Å². The molecule has 4 fully saturated rings. The van der Waals surface area contributed by atoms with Crippen LogP contribution in [0.5, 0.6) is 11.5 Å². The van der Waals surface area contributed by atoms with Crippen molar-refractivity contribution in [3.8, 4) is 11.5 Å². The van der Waals surface area contributed by atoms with Crippen molar-refractivity contribution in [1.82, 2.24) is 0 Å². The van der Waals surface area contributed by atoms with Crippen LogP contribution in [0.15, 0.2) is 36.4 Å². The lowest BCUT2D eigenvalue weighted by Gasteiger charge is -2.21. The summed E-state index contributed by atoms with van der Waals surface area (Å²) in [6, 6.07) is 13.5. The van der Waals surface area contributed by atoms with Gasteiger partial charge in [-0.05, 0) is 123 Å². The van der Waals surface area contributed by atoms with E-state index >= 15 is 0 Å². The Morgan fingerprint density at radius 3 is 1.55 bits per heavy atom. The minimum atomic E-state index is 0.559. The number of ether oxygens (including phenoxy) is 3. The molecule has 0 amide bonds. The van der Waals surface area contributed by atoms with E-state index < -0.39 is 0 Å². The molecule has 3 heteroatoms. The van der Waals surface area contributed by atoms with Gasteiger partial charge >= 0.3 is 0 Å². The Balaban J connectivity index is 1.12. The summed E-state index contributed by atoms with van der Waals surface area (Å²) in [6.45, 7) is 4.52. The van der Waals surface area contributed by atoms with Crippen molar-refractivity contribution in [1.29, 1.82) is 0 Å². The van der Waals surface area contributed by atoms with Crippen LogP contribution in [0, 0.1) is 11.8 Å². The summed E-state index contributed by atoms with van der Waals surface area (Å²) < 4.78 is 17.8. The summed E-state index contributed by atoms with van der Waals surface area (Å²) >= 11 is 0. The second-order valence-corrected chi connectivity index (χ2v) is 10.9. The number of aryl methyl sites for hydroxylation is 2. The van der Waals surface area contributed by atoms with Gasteiger partial charge in [-0.15, -0.1) is 0 Å². The van der Waals surface area contributed by atoms with Crippen molar-refractivity contribution in [2.24, 2.45) is 11.8 Å². The Labute approximate surface area is 198 Å². The van der Waals surface area contributed by atoms with E-state index in [1.165, 1.54) is 73.6 Å². The predicted molar refractivity (Wildman–Crippen MR) is 131 cm³/mol. The molecule has 2 heterocycles. The van der Waals surface area contributed by atoms with Crippen molar-refractivity contribution in [2.45, 2.75) is 102 Å². The molecule has 2 aromatic carbocycles. The van der Waals surface area contributed by atoms with Gasteiger partial charge in [-0.3, -0.25) is 0 Å². The van der Waals surface area contributed by atoms with Gasteiger partial charge in [-0.2, -0.15) is 0 Å². The first kappa shape index (κ1) is 21.7. The van der Waals surface area contributed by atoms with Crippen LogP contribution in [-0.2, 0) is 35.2 Å². The molecule has 2 aromatic rings. The molecule has 2 aliphatic carbocycles. The summed E-state index contributed by atoms with van der Waals surface area (Å²) in [4.78, 5) is 0. The Morgan fingerprint density at radius 1 is 0.636 bits per heavy atom. The van der Waals surface area contributed by atoms with Crippen molar-refractivity contribution in [3.63, 3.8) is 0 Å². The molecule has 0 radical (unpaired) electrons. The van der Waals surface area contributed by atoms with Gasteiger partial charge in [-0.25, -0.2) is 0 Å². The van der Waals surface area contributed by atoms with Crippen LogP contribution in [-0.4, -0.2) is 24.4 Å². The van der Waals surface area contributed by atoms with Gasteiger partial charge in [0.1, 0.15) is 11.5 Å². The molecule has 176 valence electrons. The Kier molecular flexibility index (Phi) is 5.96. The van der Waals surface area contributed by atoms with Crippen LogP contribution in [0.3, 0.4) is 0 Å². The maximum Gasteiger partial charge on any atom is 0.127 e. The van der Waals surface area contributed by atoms with Crippen LogP contribution in [0.1, 0.15) is 74.6 Å². The monoisotopic (exact) mass is 446 g/mol. The lowest BCUT2D eigenvalue weighted by molar-refractivity contribution is 0.360. The second kappa shape index (κ2) is 9.07. The predicted octanol–water partition coefficient (Wildman–Crippen LogP) is 6.82. The first-order valence-electron chi connectivity index (χ1n) is 13.4. The highest BCUT2D eigenvalue weighted by Crippen LogP contribution is 2.42. The van der Waals surface area contributed by atoms with E-state index in [1.807, 2.05) is 0 Å². The topological polar surface area (TPSA) is 34.3 Å². The van der Waals surface area contributed by atoms with Crippen molar-refractivity contribution >= 4 is 0 Å². The molecule has 6 rings (SSSR count). The molecule has 6 atom stereocenters. The number of hydrogen-bond acceptors (Lipinski definition) is 3. The first-order chi connectivity index (χ1) is 16.2. The van der Waals surface area contributed by atoms with E-state index in [-0.39, 0.29) is 0 Å². The van der Waals surface area contributed by atoms with Crippen molar-refractivity contribution < 1.29 is 14.2 Å². The summed E-state index contributed by atoms with van der Waals surface area (Å²) in [7, 11) is 0. The zero-order chi connectivity index (χ0) is 22.4. The Morgan fingerprint density at radius 2 is 1.12 bits per heavy atom. The highest BCUT2D eigenvalue weighted by molar-refractivity contribution is 5.42. The van der Waals surface area contributed by atoms with E-state index in [9.17, 15) is 0 Å². The molecule has 4 aliphatic rings. The Bertz CT molecular complexity index is 919. The average Bonchev–Trinajstić information content (AvgIpc) is 3.75. The molecule has 2 saturated carbocycles. The molecule has 2 saturated heterocycles. The minimum Gasteiger partial charge on any atom is -0.457 e. The fourth-order valence-corrected chi connectivity index (χ4v) is 6.49. The molecule has 0 N–H and O–H groups in total. The lowest BCUT2D eigenvalue weighted by Crippen LogP contribution is -2.16. The van der Waals surface area contributed by atoms with Gasteiger partial charge in [0.05, 0.1) is 24.4 Å². The number of benzene rings is 2. The van der Waals surface area contributed by atoms with Crippen molar-refractivity contribution in [2.75, 3.05) is 0 Å². The zero-order valence-corrected chi connectivity index (χ0v) is 20.2. The maximum absolute atomic E-state index is 6.36. The third-order valence-corrected chi connectivity index (χ3v) is 8.60. The quantitative estimate of drug-likeness (QED) is 0.417. The average molecular weight is 447 g/mol. The molecule has 6 unspecified atom stereocenters. The molecular formula is C30H38O3. The standard InChI is InChI=1S/C30H38O3/c1-3-21-17-25(9-7-23(21)13-19-5-11-27-29(15-19)32-27)31-26-10-8-24(22(4-2)18-26)14-20-6-12-28-30(16-20)33-28/h7-10,17-20,27-30H,3-6,11-16H2,1-2H3. The van der Waals surface area contributed by atoms with Gasteiger partial charge < -0.3 is 14.2 Å². The number of rotatable bonds is 8. The van der Waals surface area contributed by atoms with Crippen LogP contribution < -0.4 is 4.74 Å². The van der Waals surface area contributed by atoms with E-state index in [0.29, 0.717) is 24.4 Å². The van der Waals surface area contributed by atoms with E-state index in [0.717, 1.165) is 36.2 Å². The largest absolute Gasteiger partial charge is 0.457 e. The molecular weight excluding hydrogens is 408 g/mol. The Hall–Kier alpha value is -1.84. The SMILES string of the molecule is CCc1cc(Oc2ccc(CC3CCC4OC4C3)c(CC)c2)ccc1CC1CCC2OC2C1.